The molecule has 2 aliphatic rings. The fourth-order valence-electron chi connectivity index (χ4n) is 7.59. The van der Waals surface area contributed by atoms with Crippen molar-refractivity contribution in [2.45, 2.75) is 135 Å². The third kappa shape index (κ3) is 10.2. The van der Waals surface area contributed by atoms with E-state index in [1.807, 2.05) is 44.6 Å². The van der Waals surface area contributed by atoms with Gasteiger partial charge in [0.25, 0.3) is 0 Å². The molecule has 5 rings (SSSR count). The molecule has 2 nitrogen and oxygen atoms in total. The van der Waals surface area contributed by atoms with Crippen LogP contribution in [0.5, 0.6) is 11.5 Å². The first-order chi connectivity index (χ1) is 22.3. The average molecular weight is 801 g/mol. The van der Waals surface area contributed by atoms with Gasteiger partial charge in [-0.1, -0.05) is 66.5 Å². The second-order valence-electron chi connectivity index (χ2n) is 14.0. The topological polar surface area (TPSA) is 18.5 Å². The summed E-state index contributed by atoms with van der Waals surface area (Å²) in [7, 11) is 2.88. The van der Waals surface area contributed by atoms with Gasteiger partial charge in [0, 0.05) is 7.92 Å². The van der Waals surface area contributed by atoms with Crippen LogP contribution in [0.2, 0.25) is 0 Å². The molecule has 0 N–H and O–H groups in total. The number of ether oxygens (including phenoxy) is 2. The van der Waals surface area contributed by atoms with Crippen LogP contribution in [0.3, 0.4) is 0 Å². The minimum absolute atomic E-state index is 0.435. The predicted octanol–water partition coefficient (Wildman–Crippen LogP) is 12.6. The molecule has 0 heterocycles. The van der Waals surface area contributed by atoms with Crippen LogP contribution in [0.15, 0.2) is 54.6 Å². The molecule has 0 aliphatic heterocycles. The minimum atomic E-state index is -0.889. The predicted molar refractivity (Wildman–Crippen MR) is 203 cm³/mol. The van der Waals surface area contributed by atoms with Gasteiger partial charge < -0.3 is 9.47 Å². The van der Waals surface area contributed by atoms with E-state index < -0.39 is 7.92 Å². The van der Waals surface area contributed by atoms with Crippen LogP contribution in [-0.2, 0) is 17.2 Å². The van der Waals surface area contributed by atoms with Crippen LogP contribution in [0.1, 0.15) is 140 Å². The zero-order valence-electron chi connectivity index (χ0n) is 29.7. The fraction of sp³-hybridized carbons (Fsp3) is 0.561. The minimum Gasteiger partial charge on any atom is -0.184 e. The average Bonchev–Trinajstić information content (AvgIpc) is 3.10. The third-order valence-electron chi connectivity index (χ3n) is 9.94. The molecule has 2 saturated carbocycles. The van der Waals surface area contributed by atoms with E-state index in [9.17, 15) is 0 Å². The van der Waals surface area contributed by atoms with Crippen molar-refractivity contribution in [3.05, 3.63) is 77.4 Å². The molecule has 0 radical (unpaired) electrons. The summed E-state index contributed by atoms with van der Waals surface area (Å²) in [5.74, 6) is 3.53. The van der Waals surface area contributed by atoms with Crippen LogP contribution in [0.25, 0.3) is 11.1 Å². The summed E-state index contributed by atoms with van der Waals surface area (Å²) in [6, 6.07) is 21.9. The zero-order valence-corrected chi connectivity index (χ0v) is 33.8. The van der Waals surface area contributed by atoms with E-state index in [0.717, 1.165) is 22.8 Å². The first kappa shape index (κ1) is 39.3. The number of rotatable bonds is 9. The zero-order chi connectivity index (χ0) is 33.6. The SMILES string of the molecule is COc1ccc(OC)c([PH+](C2CCCCC2)C2CCCCC2)c1-c1c(C(C)C)cc(C(C)C)cc1C(C)C.[Br][Pd+].[c-]1ccccc1. The molecule has 3 aromatic rings. The maximum Gasteiger partial charge on any atom is -0.171 e. The van der Waals surface area contributed by atoms with Crippen LogP contribution >= 0.6 is 21.4 Å². The summed E-state index contributed by atoms with van der Waals surface area (Å²) in [4.78, 5) is 0. The van der Waals surface area contributed by atoms with E-state index in [2.05, 4.69) is 102 Å². The Hall–Kier alpha value is -1.17. The summed E-state index contributed by atoms with van der Waals surface area (Å²) >= 11 is 5.35. The largest absolute Gasteiger partial charge is 0.184 e. The molecule has 0 amide bonds. The molecule has 0 atom stereocenters. The first-order valence-electron chi connectivity index (χ1n) is 17.6. The van der Waals surface area contributed by atoms with Crippen LogP contribution in [0, 0.1) is 6.07 Å². The molecule has 0 unspecified atom stereocenters. The first-order valence-corrected chi connectivity index (χ1v) is 22.8. The Balaban J connectivity index is 0.000000636. The number of hydrogen-bond donors (Lipinski definition) is 0. The number of hydrogen-bond acceptors (Lipinski definition) is 2. The van der Waals surface area contributed by atoms with E-state index in [0.29, 0.717) is 17.8 Å². The van der Waals surface area contributed by atoms with Gasteiger partial charge in [0.15, 0.2) is 5.75 Å². The van der Waals surface area contributed by atoms with E-state index in [4.69, 9.17) is 9.47 Å². The van der Waals surface area contributed by atoms with Crippen molar-refractivity contribution in [1.29, 1.82) is 0 Å². The fourth-order valence-corrected chi connectivity index (χ4v) is 12.1. The van der Waals surface area contributed by atoms with Gasteiger partial charge in [-0.15, -0.1) is 0 Å². The number of benzene rings is 3. The molecule has 2 fully saturated rings. The Kier molecular flexibility index (Phi) is 17.4. The van der Waals surface area contributed by atoms with Crippen molar-refractivity contribution in [2.75, 3.05) is 14.2 Å². The molecular formula is C41H59BrO2PPd+. The molecule has 256 valence electrons. The van der Waals surface area contributed by atoms with Crippen LogP contribution in [-0.4, -0.2) is 25.5 Å². The van der Waals surface area contributed by atoms with Crippen molar-refractivity contribution in [1.82, 2.24) is 0 Å². The molecule has 0 bridgehead atoms. The molecule has 0 spiro atoms. The molecule has 5 heteroatoms. The summed E-state index contributed by atoms with van der Waals surface area (Å²) in [6.45, 7) is 14.1. The van der Waals surface area contributed by atoms with Crippen molar-refractivity contribution in [3.63, 3.8) is 0 Å². The van der Waals surface area contributed by atoms with E-state index >= 15 is 0 Å². The van der Waals surface area contributed by atoms with Crippen molar-refractivity contribution >= 4 is 26.7 Å². The Morgan fingerprint density at radius 1 is 0.652 bits per heavy atom. The normalized spacial score (nSPS) is 15.8. The second-order valence-corrected chi connectivity index (χ2v) is 17.0. The summed E-state index contributed by atoms with van der Waals surface area (Å²) in [5, 5.41) is 1.55. The number of methoxy groups -OCH3 is 2. The Morgan fingerprint density at radius 3 is 1.46 bits per heavy atom. The van der Waals surface area contributed by atoms with Gasteiger partial charge in [0.1, 0.15) is 11.1 Å². The van der Waals surface area contributed by atoms with Gasteiger partial charge in [-0.2, -0.15) is 36.4 Å². The van der Waals surface area contributed by atoms with Gasteiger partial charge >= 0.3 is 30.6 Å². The van der Waals surface area contributed by atoms with Crippen LogP contribution < -0.4 is 14.8 Å². The maximum atomic E-state index is 6.30. The van der Waals surface area contributed by atoms with Crippen molar-refractivity contribution in [2.24, 2.45) is 0 Å². The van der Waals surface area contributed by atoms with Crippen LogP contribution in [0.4, 0.5) is 0 Å². The van der Waals surface area contributed by atoms with Gasteiger partial charge in [-0.25, -0.2) is 0 Å². The molecule has 2 aliphatic carbocycles. The van der Waals surface area contributed by atoms with E-state index in [1.165, 1.54) is 92.0 Å². The standard InChI is InChI=1S/C35H53O2P.C6H5.BrH.Pd/c1-23(2)26-21-29(24(3)4)33(30(22-26)25(5)6)34-31(36-7)19-20-32(37-8)35(34)38(27-15-11-9-12-16-27)28-17-13-10-14-18-28;1-2-4-6-5-3-1;;/h19-25,27-28H,9-18H2,1-8H3;1-5H;1H;/q;-1;;+2. The van der Waals surface area contributed by atoms with Gasteiger partial charge in [-0.3, -0.25) is 0 Å². The van der Waals surface area contributed by atoms with Gasteiger partial charge in [0.05, 0.1) is 31.1 Å². The second kappa shape index (κ2) is 20.4. The smallest absolute Gasteiger partial charge is 0.171 e. The van der Waals surface area contributed by atoms with Gasteiger partial charge in [-0.05, 0) is 104 Å². The van der Waals surface area contributed by atoms with E-state index in [1.54, 1.807) is 5.30 Å². The summed E-state index contributed by atoms with van der Waals surface area (Å²) < 4.78 is 12.6. The molecule has 0 saturated heterocycles. The molecule has 46 heavy (non-hydrogen) atoms. The van der Waals surface area contributed by atoms with E-state index in [-0.39, 0.29) is 0 Å². The van der Waals surface area contributed by atoms with Crippen molar-refractivity contribution in [3.8, 4) is 22.6 Å². The Morgan fingerprint density at radius 2 is 1.11 bits per heavy atom. The molecule has 0 aromatic heterocycles. The maximum absolute atomic E-state index is 6.30. The third-order valence-corrected chi connectivity index (χ3v) is 13.9. The molecular weight excluding hydrogens is 742 g/mol. The molecule has 3 aromatic carbocycles. The van der Waals surface area contributed by atoms with Gasteiger partial charge in [0.2, 0.25) is 0 Å². The number of halogens is 1. The Bertz CT molecular complexity index is 1220. The summed E-state index contributed by atoms with van der Waals surface area (Å²) in [6.07, 6.45) is 14.0. The summed E-state index contributed by atoms with van der Waals surface area (Å²) in [5.41, 5.74) is 8.88. The Labute approximate surface area is 300 Å². The van der Waals surface area contributed by atoms with Crippen molar-refractivity contribution < 1.29 is 26.7 Å². The quantitative estimate of drug-likeness (QED) is 0.122. The monoisotopic (exact) mass is 799 g/mol.